The van der Waals surface area contributed by atoms with Crippen LogP contribution in [0.5, 0.6) is 0 Å². The molecule has 1 aliphatic heterocycles. The first kappa shape index (κ1) is 19.0. The number of fused-ring (bicyclic) bond motifs is 1. The van der Waals surface area contributed by atoms with Crippen LogP contribution < -0.4 is 4.90 Å². The summed E-state index contributed by atoms with van der Waals surface area (Å²) in [6.07, 6.45) is 3.60. The molecule has 0 saturated carbocycles. The predicted molar refractivity (Wildman–Crippen MR) is 123 cm³/mol. The molecule has 2 aromatic carbocycles. The minimum Gasteiger partial charge on any atom is -0.338 e. The van der Waals surface area contributed by atoms with Crippen LogP contribution in [0.2, 0.25) is 0 Å². The summed E-state index contributed by atoms with van der Waals surface area (Å²) in [6.45, 7) is 6.61. The van der Waals surface area contributed by atoms with Crippen LogP contribution in [-0.4, -0.2) is 50.2 Å². The van der Waals surface area contributed by atoms with Crippen molar-refractivity contribution in [3.05, 3.63) is 77.3 Å². The van der Waals surface area contributed by atoms with E-state index >= 15 is 0 Å². The van der Waals surface area contributed by atoms with Crippen LogP contribution in [0.1, 0.15) is 5.56 Å². The fraction of sp³-hybridized carbons (Fsp3) is 0.261. The van der Waals surface area contributed by atoms with Gasteiger partial charge in [0.1, 0.15) is 0 Å². The van der Waals surface area contributed by atoms with Crippen molar-refractivity contribution in [3.8, 4) is 5.69 Å². The zero-order chi connectivity index (χ0) is 20.5. The Hall–Kier alpha value is -3.03. The first-order valence-corrected chi connectivity index (χ1v) is 10.6. The minimum atomic E-state index is 0.779. The summed E-state index contributed by atoms with van der Waals surface area (Å²) >= 11 is 5.96. The van der Waals surface area contributed by atoms with Gasteiger partial charge in [-0.15, -0.1) is 0 Å². The zero-order valence-corrected chi connectivity index (χ0v) is 17.8. The molecule has 2 aromatic heterocycles. The third kappa shape index (κ3) is 3.51. The minimum absolute atomic E-state index is 0.779. The molecule has 0 aliphatic carbocycles. The first-order chi connectivity index (χ1) is 14.7. The molecule has 152 valence electrons. The van der Waals surface area contributed by atoms with Crippen molar-refractivity contribution in [2.24, 2.45) is 0 Å². The van der Waals surface area contributed by atoms with Crippen LogP contribution in [0.3, 0.4) is 0 Å². The van der Waals surface area contributed by atoms with E-state index in [1.165, 1.54) is 5.56 Å². The van der Waals surface area contributed by atoms with Gasteiger partial charge in [0, 0.05) is 44.3 Å². The summed E-state index contributed by atoms with van der Waals surface area (Å²) in [6, 6.07) is 18.8. The van der Waals surface area contributed by atoms with E-state index in [-0.39, 0.29) is 0 Å². The highest BCUT2D eigenvalue weighted by atomic mass is 32.1. The molecule has 0 N–H and O–H groups in total. The van der Waals surface area contributed by atoms with E-state index in [9.17, 15) is 0 Å². The molecule has 0 spiro atoms. The number of anilines is 1. The molecule has 0 radical (unpaired) electrons. The van der Waals surface area contributed by atoms with E-state index in [2.05, 4.69) is 84.4 Å². The molecule has 1 fully saturated rings. The highest BCUT2D eigenvalue weighted by Gasteiger charge is 2.20. The third-order valence-corrected chi connectivity index (χ3v) is 6.05. The molecule has 30 heavy (non-hydrogen) atoms. The largest absolute Gasteiger partial charge is 0.338 e. The Kier molecular flexibility index (Phi) is 5.06. The van der Waals surface area contributed by atoms with Crippen molar-refractivity contribution in [1.29, 1.82) is 0 Å². The maximum absolute atomic E-state index is 5.96. The number of piperazine rings is 1. The number of benzene rings is 2. The summed E-state index contributed by atoms with van der Waals surface area (Å²) < 4.78 is 5.27. The monoisotopic (exact) mass is 416 g/mol. The molecule has 6 nitrogen and oxygen atoms in total. The maximum atomic E-state index is 5.96. The average Bonchev–Trinajstić information content (AvgIpc) is 3.06. The van der Waals surface area contributed by atoms with Gasteiger partial charge in [-0.1, -0.05) is 24.3 Å². The van der Waals surface area contributed by atoms with Crippen LogP contribution in [-0.2, 0) is 6.67 Å². The van der Waals surface area contributed by atoms with E-state index in [0.29, 0.717) is 0 Å². The molecule has 0 bridgehead atoms. The molecular formula is C23H24N6S. The smallest absolute Gasteiger partial charge is 0.225 e. The van der Waals surface area contributed by atoms with E-state index in [0.717, 1.165) is 60.3 Å². The fourth-order valence-corrected chi connectivity index (χ4v) is 4.47. The Morgan fingerprint density at radius 3 is 2.33 bits per heavy atom. The molecule has 5 rings (SSSR count). The fourth-order valence-electron chi connectivity index (χ4n) is 4.11. The van der Waals surface area contributed by atoms with Gasteiger partial charge >= 0.3 is 0 Å². The summed E-state index contributed by atoms with van der Waals surface area (Å²) in [5, 5.41) is 0. The second-order valence-corrected chi connectivity index (χ2v) is 8.03. The summed E-state index contributed by atoms with van der Waals surface area (Å²) in [5.41, 5.74) is 4.65. The number of para-hydroxylation sites is 2. The van der Waals surface area contributed by atoms with Gasteiger partial charge in [0.05, 0.1) is 17.7 Å². The normalized spacial score (nSPS) is 15.0. The molecule has 3 heterocycles. The van der Waals surface area contributed by atoms with Gasteiger partial charge in [-0.05, 0) is 55.0 Å². The molecule has 1 saturated heterocycles. The Bertz CT molecular complexity index is 1220. The van der Waals surface area contributed by atoms with Gasteiger partial charge < -0.3 is 9.47 Å². The zero-order valence-electron chi connectivity index (χ0n) is 17.0. The van der Waals surface area contributed by atoms with Gasteiger partial charge in [-0.25, -0.2) is 9.97 Å². The highest BCUT2D eigenvalue weighted by molar-refractivity contribution is 7.71. The van der Waals surface area contributed by atoms with Crippen LogP contribution in [0.15, 0.2) is 67.0 Å². The molecular weight excluding hydrogens is 392 g/mol. The molecule has 0 amide bonds. The average molecular weight is 417 g/mol. The Labute approximate surface area is 181 Å². The number of hydrogen-bond acceptors (Lipinski definition) is 5. The summed E-state index contributed by atoms with van der Waals surface area (Å²) in [5.74, 6) is 0.810. The summed E-state index contributed by atoms with van der Waals surface area (Å²) in [4.78, 5) is 13.5. The standard InChI is InChI=1S/C23H24N6S/c1-18-6-4-7-19(16-18)29-21-9-3-2-8-20(21)28(23(29)30)17-26-12-14-27(15-13-26)22-24-10-5-11-25-22/h2-11,16H,12-15,17H2,1H3. The van der Waals surface area contributed by atoms with Crippen LogP contribution >= 0.6 is 12.2 Å². The molecule has 0 atom stereocenters. The van der Waals surface area contributed by atoms with Gasteiger partial charge in [0.25, 0.3) is 0 Å². The number of hydrogen-bond donors (Lipinski definition) is 0. The van der Waals surface area contributed by atoms with Crippen LogP contribution in [0.25, 0.3) is 16.7 Å². The van der Waals surface area contributed by atoms with Crippen molar-refractivity contribution in [3.63, 3.8) is 0 Å². The van der Waals surface area contributed by atoms with Crippen molar-refractivity contribution >= 4 is 29.2 Å². The van der Waals surface area contributed by atoms with Gasteiger partial charge in [0.15, 0.2) is 4.77 Å². The number of aromatic nitrogens is 4. The topological polar surface area (TPSA) is 42.1 Å². The Morgan fingerprint density at radius 1 is 0.867 bits per heavy atom. The van der Waals surface area contributed by atoms with Crippen molar-refractivity contribution < 1.29 is 0 Å². The van der Waals surface area contributed by atoms with E-state index in [4.69, 9.17) is 12.2 Å². The SMILES string of the molecule is Cc1cccc(-n2c(=S)n(CN3CCN(c4ncccn4)CC3)c3ccccc32)c1. The lowest BCUT2D eigenvalue weighted by Crippen LogP contribution is -2.47. The van der Waals surface area contributed by atoms with E-state index in [1.54, 1.807) is 12.4 Å². The van der Waals surface area contributed by atoms with Gasteiger partial charge in [-0.2, -0.15) is 0 Å². The summed E-state index contributed by atoms with van der Waals surface area (Å²) in [7, 11) is 0. The van der Waals surface area contributed by atoms with Crippen molar-refractivity contribution in [2.45, 2.75) is 13.6 Å². The second-order valence-electron chi connectivity index (χ2n) is 7.67. The van der Waals surface area contributed by atoms with E-state index < -0.39 is 0 Å². The number of aryl methyl sites for hydroxylation is 1. The molecule has 4 aromatic rings. The quantitative estimate of drug-likeness (QED) is 0.470. The van der Waals surface area contributed by atoms with Crippen LogP contribution in [0, 0.1) is 11.7 Å². The Balaban J connectivity index is 1.43. The number of rotatable bonds is 4. The number of nitrogens with zero attached hydrogens (tertiary/aromatic N) is 6. The van der Waals surface area contributed by atoms with Crippen molar-refractivity contribution in [1.82, 2.24) is 24.0 Å². The second kappa shape index (κ2) is 8.01. The lowest BCUT2D eigenvalue weighted by atomic mass is 10.2. The molecule has 0 unspecified atom stereocenters. The third-order valence-electron chi connectivity index (χ3n) is 5.64. The molecule has 7 heteroatoms. The molecule has 1 aliphatic rings. The predicted octanol–water partition coefficient (Wildman–Crippen LogP) is 4.04. The number of imidazole rings is 1. The lowest BCUT2D eigenvalue weighted by Gasteiger charge is -2.34. The van der Waals surface area contributed by atoms with Gasteiger partial charge in [0.2, 0.25) is 5.95 Å². The van der Waals surface area contributed by atoms with Crippen LogP contribution in [0.4, 0.5) is 5.95 Å². The van der Waals surface area contributed by atoms with E-state index in [1.807, 2.05) is 6.07 Å². The Morgan fingerprint density at radius 2 is 1.60 bits per heavy atom. The van der Waals surface area contributed by atoms with Gasteiger partial charge in [-0.3, -0.25) is 9.47 Å². The lowest BCUT2D eigenvalue weighted by molar-refractivity contribution is 0.207. The maximum Gasteiger partial charge on any atom is 0.225 e. The highest BCUT2D eigenvalue weighted by Crippen LogP contribution is 2.24. The van der Waals surface area contributed by atoms with Crippen molar-refractivity contribution in [2.75, 3.05) is 31.1 Å². The first-order valence-electron chi connectivity index (χ1n) is 10.2.